The minimum atomic E-state index is 0.805. The molecule has 0 radical (unpaired) electrons. The van der Waals surface area contributed by atoms with Gasteiger partial charge in [-0.15, -0.1) is 0 Å². The van der Waals surface area contributed by atoms with Crippen LogP contribution >= 0.6 is 22.6 Å². The Labute approximate surface area is 103 Å². The van der Waals surface area contributed by atoms with Crippen LogP contribution in [0.4, 0.5) is 0 Å². The van der Waals surface area contributed by atoms with Crippen molar-refractivity contribution >= 4 is 22.6 Å². The van der Waals surface area contributed by atoms with Crippen LogP contribution in [0.1, 0.15) is 13.3 Å². The molecule has 0 aliphatic rings. The number of hydrogen-bond acceptors (Lipinski definition) is 2. The SMILES string of the molecule is CCCn1cnc(-c2ccc(I)cc2)n1. The van der Waals surface area contributed by atoms with E-state index in [-0.39, 0.29) is 0 Å². The lowest BCUT2D eigenvalue weighted by Gasteiger charge is -1.96. The van der Waals surface area contributed by atoms with Crippen molar-refractivity contribution in [2.24, 2.45) is 0 Å². The maximum Gasteiger partial charge on any atom is 0.181 e. The zero-order chi connectivity index (χ0) is 10.7. The molecule has 4 heteroatoms. The highest BCUT2D eigenvalue weighted by molar-refractivity contribution is 14.1. The summed E-state index contributed by atoms with van der Waals surface area (Å²) in [6, 6.07) is 8.23. The molecule has 0 bridgehead atoms. The highest BCUT2D eigenvalue weighted by Crippen LogP contribution is 2.15. The van der Waals surface area contributed by atoms with Gasteiger partial charge in [-0.2, -0.15) is 5.10 Å². The van der Waals surface area contributed by atoms with Crippen molar-refractivity contribution < 1.29 is 0 Å². The van der Waals surface area contributed by atoms with Crippen molar-refractivity contribution in [2.45, 2.75) is 19.9 Å². The van der Waals surface area contributed by atoms with Gasteiger partial charge < -0.3 is 0 Å². The molecule has 3 nitrogen and oxygen atoms in total. The molecule has 0 unspecified atom stereocenters. The number of aromatic nitrogens is 3. The first-order chi connectivity index (χ1) is 7.29. The quantitative estimate of drug-likeness (QED) is 0.816. The summed E-state index contributed by atoms with van der Waals surface area (Å²) >= 11 is 2.29. The Morgan fingerprint density at radius 2 is 2.00 bits per heavy atom. The summed E-state index contributed by atoms with van der Waals surface area (Å²) in [6.07, 6.45) is 2.87. The number of nitrogens with zero attached hydrogens (tertiary/aromatic N) is 3. The monoisotopic (exact) mass is 313 g/mol. The second-order valence-electron chi connectivity index (χ2n) is 3.34. The molecule has 1 heterocycles. The topological polar surface area (TPSA) is 30.7 Å². The van der Waals surface area contributed by atoms with Crippen LogP contribution in [0.15, 0.2) is 30.6 Å². The Morgan fingerprint density at radius 1 is 1.27 bits per heavy atom. The van der Waals surface area contributed by atoms with E-state index >= 15 is 0 Å². The average Bonchev–Trinajstić information content (AvgIpc) is 2.68. The Morgan fingerprint density at radius 3 is 2.67 bits per heavy atom. The number of benzene rings is 1. The number of halogens is 1. The lowest BCUT2D eigenvalue weighted by Crippen LogP contribution is -1.96. The molecule has 2 aromatic rings. The molecular formula is C11H12IN3. The van der Waals surface area contributed by atoms with Crippen LogP contribution in [0, 0.1) is 3.57 Å². The van der Waals surface area contributed by atoms with Crippen molar-refractivity contribution in [1.29, 1.82) is 0 Å². The van der Waals surface area contributed by atoms with Crippen LogP contribution in [-0.4, -0.2) is 14.8 Å². The van der Waals surface area contributed by atoms with E-state index in [1.165, 1.54) is 3.57 Å². The van der Waals surface area contributed by atoms with E-state index in [0.717, 1.165) is 24.4 Å². The van der Waals surface area contributed by atoms with Crippen LogP contribution in [0.5, 0.6) is 0 Å². The van der Waals surface area contributed by atoms with E-state index < -0.39 is 0 Å². The van der Waals surface area contributed by atoms with Crippen LogP contribution < -0.4 is 0 Å². The minimum absolute atomic E-state index is 0.805. The molecule has 0 aliphatic carbocycles. The Hall–Kier alpha value is -0.910. The molecule has 0 fully saturated rings. The van der Waals surface area contributed by atoms with Crippen molar-refractivity contribution in [3.05, 3.63) is 34.2 Å². The molecule has 0 atom stereocenters. The molecule has 0 N–H and O–H groups in total. The fraction of sp³-hybridized carbons (Fsp3) is 0.273. The van der Waals surface area contributed by atoms with Crippen molar-refractivity contribution in [2.75, 3.05) is 0 Å². The maximum atomic E-state index is 4.40. The number of hydrogen-bond donors (Lipinski definition) is 0. The molecule has 0 aliphatic heterocycles. The zero-order valence-corrected chi connectivity index (χ0v) is 10.7. The molecule has 15 heavy (non-hydrogen) atoms. The van der Waals surface area contributed by atoms with Gasteiger partial charge in [-0.3, -0.25) is 4.68 Å². The van der Waals surface area contributed by atoms with Gasteiger partial charge in [-0.05, 0) is 41.1 Å². The van der Waals surface area contributed by atoms with Gasteiger partial charge in [0.2, 0.25) is 0 Å². The summed E-state index contributed by atoms with van der Waals surface area (Å²) in [6.45, 7) is 3.06. The number of rotatable bonds is 3. The third-order valence-corrected chi connectivity index (χ3v) is 2.81. The molecule has 0 spiro atoms. The first-order valence-electron chi connectivity index (χ1n) is 4.95. The third kappa shape index (κ3) is 2.56. The highest BCUT2D eigenvalue weighted by atomic mass is 127. The molecule has 2 rings (SSSR count). The fourth-order valence-corrected chi connectivity index (χ4v) is 1.72. The number of aryl methyl sites for hydroxylation is 1. The second kappa shape index (κ2) is 4.74. The summed E-state index contributed by atoms with van der Waals surface area (Å²) in [5, 5.41) is 4.40. The predicted molar refractivity (Wildman–Crippen MR) is 68.5 cm³/mol. The summed E-state index contributed by atoms with van der Waals surface area (Å²) in [4.78, 5) is 4.28. The van der Waals surface area contributed by atoms with Gasteiger partial charge in [0.15, 0.2) is 5.82 Å². The predicted octanol–water partition coefficient (Wildman–Crippen LogP) is 2.96. The average molecular weight is 313 g/mol. The third-order valence-electron chi connectivity index (χ3n) is 2.09. The van der Waals surface area contributed by atoms with Crippen LogP contribution in [0.25, 0.3) is 11.4 Å². The van der Waals surface area contributed by atoms with E-state index in [1.54, 1.807) is 6.33 Å². The van der Waals surface area contributed by atoms with Gasteiger partial charge in [0.05, 0.1) is 0 Å². The summed E-state index contributed by atoms with van der Waals surface area (Å²) in [5.41, 5.74) is 1.07. The molecule has 78 valence electrons. The largest absolute Gasteiger partial charge is 0.252 e. The first-order valence-corrected chi connectivity index (χ1v) is 6.03. The molecular weight excluding hydrogens is 301 g/mol. The normalized spacial score (nSPS) is 10.5. The lowest BCUT2D eigenvalue weighted by molar-refractivity contribution is 0.602. The molecule has 0 amide bonds. The summed E-state index contributed by atoms with van der Waals surface area (Å²) in [5.74, 6) is 0.805. The van der Waals surface area contributed by atoms with Crippen molar-refractivity contribution in [1.82, 2.24) is 14.8 Å². The van der Waals surface area contributed by atoms with E-state index in [4.69, 9.17) is 0 Å². The van der Waals surface area contributed by atoms with Crippen molar-refractivity contribution in [3.8, 4) is 11.4 Å². The summed E-state index contributed by atoms with van der Waals surface area (Å²) in [7, 11) is 0. The van der Waals surface area contributed by atoms with E-state index in [1.807, 2.05) is 16.8 Å². The zero-order valence-electron chi connectivity index (χ0n) is 8.52. The van der Waals surface area contributed by atoms with Crippen LogP contribution in [0.2, 0.25) is 0 Å². The van der Waals surface area contributed by atoms with Crippen molar-refractivity contribution in [3.63, 3.8) is 0 Å². The minimum Gasteiger partial charge on any atom is -0.252 e. The Bertz CT molecular complexity index is 433. The van der Waals surface area contributed by atoms with E-state index in [0.29, 0.717) is 0 Å². The maximum absolute atomic E-state index is 4.40. The highest BCUT2D eigenvalue weighted by Gasteiger charge is 2.02. The first kappa shape index (κ1) is 10.6. The van der Waals surface area contributed by atoms with E-state index in [2.05, 4.69) is 51.7 Å². The van der Waals surface area contributed by atoms with Gasteiger partial charge in [0.25, 0.3) is 0 Å². The molecule has 0 saturated heterocycles. The summed E-state index contributed by atoms with van der Waals surface area (Å²) < 4.78 is 3.11. The second-order valence-corrected chi connectivity index (χ2v) is 4.58. The Balaban J connectivity index is 2.25. The molecule has 0 saturated carbocycles. The molecule has 1 aromatic heterocycles. The lowest BCUT2D eigenvalue weighted by atomic mass is 10.2. The smallest absolute Gasteiger partial charge is 0.181 e. The molecule has 1 aromatic carbocycles. The fourth-order valence-electron chi connectivity index (χ4n) is 1.36. The van der Waals surface area contributed by atoms with Gasteiger partial charge in [-0.1, -0.05) is 19.1 Å². The van der Waals surface area contributed by atoms with Gasteiger partial charge in [0.1, 0.15) is 6.33 Å². The van der Waals surface area contributed by atoms with Gasteiger partial charge >= 0.3 is 0 Å². The van der Waals surface area contributed by atoms with Crippen LogP contribution in [0.3, 0.4) is 0 Å². The standard InChI is InChI=1S/C11H12IN3/c1-2-7-15-8-13-11(14-15)9-3-5-10(12)6-4-9/h3-6,8H,2,7H2,1H3. The van der Waals surface area contributed by atoms with E-state index in [9.17, 15) is 0 Å². The van der Waals surface area contributed by atoms with Gasteiger partial charge in [-0.25, -0.2) is 4.98 Å². The van der Waals surface area contributed by atoms with Gasteiger partial charge in [0, 0.05) is 15.7 Å². The Kier molecular flexibility index (Phi) is 3.35. The van der Waals surface area contributed by atoms with Crippen LogP contribution in [-0.2, 0) is 6.54 Å².